The summed E-state index contributed by atoms with van der Waals surface area (Å²) in [6, 6.07) is 0. The van der Waals surface area contributed by atoms with Crippen LogP contribution in [-0.4, -0.2) is 36.4 Å². The van der Waals surface area contributed by atoms with E-state index in [1.807, 2.05) is 0 Å². The fraction of sp³-hybridized carbons (Fsp3) is 0.778. The molecular formula is C9H19N3O2S. The van der Waals surface area contributed by atoms with Gasteiger partial charge in [0.1, 0.15) is 0 Å². The van der Waals surface area contributed by atoms with E-state index in [-0.39, 0.29) is 11.7 Å². The van der Waals surface area contributed by atoms with Crippen molar-refractivity contribution in [3.05, 3.63) is 0 Å². The third-order valence-electron chi connectivity index (χ3n) is 1.68. The SMILES string of the molecule is NCCCCCNC(=O)CSCC(N)=O. The summed E-state index contributed by atoms with van der Waals surface area (Å²) in [5, 5.41) is 2.76. The van der Waals surface area contributed by atoms with Crippen molar-refractivity contribution in [2.75, 3.05) is 24.6 Å². The molecule has 0 saturated carbocycles. The standard InChI is InChI=1S/C9H19N3O2S/c10-4-2-1-3-5-12-9(14)7-15-6-8(11)13/h1-7,10H2,(H2,11,13)(H,12,14). The van der Waals surface area contributed by atoms with E-state index < -0.39 is 5.91 Å². The molecule has 0 atom stereocenters. The molecule has 0 aromatic carbocycles. The van der Waals surface area contributed by atoms with Crippen LogP contribution in [0.2, 0.25) is 0 Å². The summed E-state index contributed by atoms with van der Waals surface area (Å²) in [5.74, 6) is 0.0465. The van der Waals surface area contributed by atoms with Crippen molar-refractivity contribution in [2.45, 2.75) is 19.3 Å². The zero-order valence-electron chi connectivity index (χ0n) is 8.83. The zero-order valence-corrected chi connectivity index (χ0v) is 9.65. The predicted molar refractivity (Wildman–Crippen MR) is 62.4 cm³/mol. The third-order valence-corrected chi connectivity index (χ3v) is 2.64. The molecule has 6 heteroatoms. The van der Waals surface area contributed by atoms with Crippen LogP contribution in [0.15, 0.2) is 0 Å². The van der Waals surface area contributed by atoms with E-state index in [9.17, 15) is 9.59 Å². The zero-order chi connectivity index (χ0) is 11.5. The predicted octanol–water partition coefficient (Wildman–Crippen LogP) is -0.550. The van der Waals surface area contributed by atoms with Crippen LogP contribution in [0.1, 0.15) is 19.3 Å². The van der Waals surface area contributed by atoms with Crippen LogP contribution in [0.4, 0.5) is 0 Å². The van der Waals surface area contributed by atoms with E-state index in [4.69, 9.17) is 11.5 Å². The normalized spacial score (nSPS) is 9.93. The molecule has 0 heterocycles. The maximum absolute atomic E-state index is 11.1. The lowest BCUT2D eigenvalue weighted by atomic mass is 10.2. The van der Waals surface area contributed by atoms with Gasteiger partial charge in [-0.25, -0.2) is 0 Å². The number of amides is 2. The highest BCUT2D eigenvalue weighted by molar-refractivity contribution is 8.00. The fourth-order valence-corrected chi connectivity index (χ4v) is 1.56. The number of unbranched alkanes of at least 4 members (excludes halogenated alkanes) is 2. The number of rotatable bonds is 9. The molecular weight excluding hydrogens is 214 g/mol. The summed E-state index contributed by atoms with van der Waals surface area (Å²) < 4.78 is 0. The molecule has 15 heavy (non-hydrogen) atoms. The molecule has 0 saturated heterocycles. The maximum Gasteiger partial charge on any atom is 0.230 e. The molecule has 0 aromatic rings. The molecule has 0 fully saturated rings. The smallest absolute Gasteiger partial charge is 0.230 e. The molecule has 0 bridgehead atoms. The Balaban J connectivity index is 3.22. The molecule has 0 radical (unpaired) electrons. The Morgan fingerprint density at radius 1 is 1.13 bits per heavy atom. The van der Waals surface area contributed by atoms with Crippen molar-refractivity contribution in [3.63, 3.8) is 0 Å². The van der Waals surface area contributed by atoms with Gasteiger partial charge in [0.25, 0.3) is 0 Å². The molecule has 0 spiro atoms. The summed E-state index contributed by atoms with van der Waals surface area (Å²) in [5.41, 5.74) is 10.3. The highest BCUT2D eigenvalue weighted by Crippen LogP contribution is 1.97. The number of nitrogens with two attached hydrogens (primary N) is 2. The Hall–Kier alpha value is -0.750. The average molecular weight is 233 g/mol. The van der Waals surface area contributed by atoms with Gasteiger partial charge in [0.2, 0.25) is 11.8 Å². The number of carbonyl (C=O) groups excluding carboxylic acids is 2. The van der Waals surface area contributed by atoms with Gasteiger partial charge >= 0.3 is 0 Å². The summed E-state index contributed by atoms with van der Waals surface area (Å²) in [4.78, 5) is 21.5. The Morgan fingerprint density at radius 2 is 1.87 bits per heavy atom. The van der Waals surface area contributed by atoms with E-state index in [1.165, 1.54) is 11.8 Å². The van der Waals surface area contributed by atoms with Crippen LogP contribution in [-0.2, 0) is 9.59 Å². The van der Waals surface area contributed by atoms with Crippen LogP contribution >= 0.6 is 11.8 Å². The van der Waals surface area contributed by atoms with Gasteiger partial charge in [0.05, 0.1) is 11.5 Å². The van der Waals surface area contributed by atoms with E-state index in [1.54, 1.807) is 0 Å². The fourth-order valence-electron chi connectivity index (χ4n) is 0.969. The first-order valence-electron chi connectivity index (χ1n) is 4.99. The Kier molecular flexibility index (Phi) is 9.30. The number of hydrogen-bond donors (Lipinski definition) is 3. The minimum Gasteiger partial charge on any atom is -0.369 e. The van der Waals surface area contributed by atoms with Gasteiger partial charge in [-0.15, -0.1) is 11.8 Å². The topological polar surface area (TPSA) is 98.2 Å². The van der Waals surface area contributed by atoms with Gasteiger partial charge in [-0.3, -0.25) is 9.59 Å². The lowest BCUT2D eigenvalue weighted by Gasteiger charge is -2.03. The van der Waals surface area contributed by atoms with Crippen molar-refractivity contribution in [2.24, 2.45) is 11.5 Å². The van der Waals surface area contributed by atoms with Crippen LogP contribution in [0.25, 0.3) is 0 Å². The van der Waals surface area contributed by atoms with Crippen molar-refractivity contribution in [1.82, 2.24) is 5.32 Å². The number of thioether (sulfide) groups is 1. The van der Waals surface area contributed by atoms with Crippen LogP contribution in [0.3, 0.4) is 0 Å². The number of nitrogens with one attached hydrogen (secondary N) is 1. The Morgan fingerprint density at radius 3 is 2.47 bits per heavy atom. The molecule has 88 valence electrons. The van der Waals surface area contributed by atoms with Gasteiger partial charge < -0.3 is 16.8 Å². The van der Waals surface area contributed by atoms with E-state index >= 15 is 0 Å². The van der Waals surface area contributed by atoms with Crippen LogP contribution in [0.5, 0.6) is 0 Å². The van der Waals surface area contributed by atoms with Crippen molar-refractivity contribution in [3.8, 4) is 0 Å². The quantitative estimate of drug-likeness (QED) is 0.465. The van der Waals surface area contributed by atoms with Gasteiger partial charge in [-0.2, -0.15) is 0 Å². The molecule has 2 amide bonds. The van der Waals surface area contributed by atoms with Crippen LogP contribution in [0, 0.1) is 0 Å². The largest absolute Gasteiger partial charge is 0.369 e. The molecule has 0 aliphatic heterocycles. The maximum atomic E-state index is 11.1. The lowest BCUT2D eigenvalue weighted by molar-refractivity contribution is -0.118. The van der Waals surface area contributed by atoms with Crippen molar-refractivity contribution >= 4 is 23.6 Å². The summed E-state index contributed by atoms with van der Waals surface area (Å²) in [7, 11) is 0. The first kappa shape index (κ1) is 14.2. The van der Waals surface area contributed by atoms with Gasteiger partial charge in [0.15, 0.2) is 0 Å². The second-order valence-electron chi connectivity index (χ2n) is 3.16. The first-order chi connectivity index (χ1) is 7.16. The summed E-state index contributed by atoms with van der Waals surface area (Å²) >= 11 is 1.23. The van der Waals surface area contributed by atoms with Gasteiger partial charge in [0, 0.05) is 6.54 Å². The molecule has 0 aliphatic carbocycles. The van der Waals surface area contributed by atoms with E-state index in [0.717, 1.165) is 19.3 Å². The molecule has 0 unspecified atom stereocenters. The van der Waals surface area contributed by atoms with E-state index in [2.05, 4.69) is 5.32 Å². The highest BCUT2D eigenvalue weighted by atomic mass is 32.2. The molecule has 5 N–H and O–H groups in total. The summed E-state index contributed by atoms with van der Waals surface area (Å²) in [6.07, 6.45) is 2.97. The van der Waals surface area contributed by atoms with Gasteiger partial charge in [-0.1, -0.05) is 6.42 Å². The second kappa shape index (κ2) is 9.79. The minimum atomic E-state index is -0.393. The number of primary amides is 1. The highest BCUT2D eigenvalue weighted by Gasteiger charge is 2.01. The number of carbonyl (C=O) groups is 2. The molecule has 0 rings (SSSR count). The average Bonchev–Trinajstić information content (AvgIpc) is 2.17. The molecule has 0 aliphatic rings. The first-order valence-corrected chi connectivity index (χ1v) is 6.15. The third kappa shape index (κ3) is 11.2. The van der Waals surface area contributed by atoms with Gasteiger partial charge in [-0.05, 0) is 19.4 Å². The van der Waals surface area contributed by atoms with Crippen LogP contribution < -0.4 is 16.8 Å². The monoisotopic (exact) mass is 233 g/mol. The molecule has 5 nitrogen and oxygen atoms in total. The molecule has 0 aromatic heterocycles. The Labute approximate surface area is 94.3 Å². The van der Waals surface area contributed by atoms with Crippen molar-refractivity contribution in [1.29, 1.82) is 0 Å². The lowest BCUT2D eigenvalue weighted by Crippen LogP contribution is -2.27. The summed E-state index contributed by atoms with van der Waals surface area (Å²) in [6.45, 7) is 1.37. The van der Waals surface area contributed by atoms with E-state index in [0.29, 0.717) is 18.8 Å². The second-order valence-corrected chi connectivity index (χ2v) is 4.14. The minimum absolute atomic E-state index is 0.0472. The Bertz CT molecular complexity index is 200. The van der Waals surface area contributed by atoms with Crippen molar-refractivity contribution < 1.29 is 9.59 Å². The number of hydrogen-bond acceptors (Lipinski definition) is 4.